The molecule has 2 aromatic heterocycles. The molecule has 2 heterocycles. The lowest BCUT2D eigenvalue weighted by molar-refractivity contribution is 0.315. The molecule has 3 aromatic rings. The second-order valence-corrected chi connectivity index (χ2v) is 5.76. The second kappa shape index (κ2) is 8.89. The largest absolute Gasteiger partial charge is 0.494 e. The lowest BCUT2D eigenvalue weighted by Crippen LogP contribution is -1.98. The monoisotopic (exact) mass is 350 g/mol. The van der Waals surface area contributed by atoms with Crippen LogP contribution in [0, 0.1) is 0 Å². The van der Waals surface area contributed by atoms with Gasteiger partial charge in [0.05, 0.1) is 31.2 Å². The van der Waals surface area contributed by atoms with Gasteiger partial charge in [0.25, 0.3) is 0 Å². The van der Waals surface area contributed by atoms with E-state index in [1.165, 1.54) is 0 Å². The molecule has 0 saturated heterocycles. The first-order valence-electron chi connectivity index (χ1n) is 8.80. The summed E-state index contributed by atoms with van der Waals surface area (Å²) in [6.07, 6.45) is 8.72. The van der Waals surface area contributed by atoms with Crippen LogP contribution in [0.4, 0.5) is 0 Å². The standard InChI is InChI=1S/C20H22N4O2/c1-3-9-25-17-7-5-15(6-8-17)19-21-11-16(12-22-19)20-23-13-18(14-24-20)26-10-4-2/h5-8,11-14H,3-4,9-10H2,1-2H3. The van der Waals surface area contributed by atoms with E-state index in [0.717, 1.165) is 29.7 Å². The summed E-state index contributed by atoms with van der Waals surface area (Å²) in [5.41, 5.74) is 1.70. The van der Waals surface area contributed by atoms with Crippen LogP contribution in [0.2, 0.25) is 0 Å². The molecule has 0 amide bonds. The Hall–Kier alpha value is -3.02. The number of rotatable bonds is 8. The summed E-state index contributed by atoms with van der Waals surface area (Å²) in [5, 5.41) is 0. The quantitative estimate of drug-likeness (QED) is 0.607. The topological polar surface area (TPSA) is 70.0 Å². The van der Waals surface area contributed by atoms with Crippen LogP contribution < -0.4 is 9.47 Å². The van der Waals surface area contributed by atoms with Crippen molar-refractivity contribution in [2.45, 2.75) is 26.7 Å². The van der Waals surface area contributed by atoms with Gasteiger partial charge in [0.15, 0.2) is 17.4 Å². The van der Waals surface area contributed by atoms with Crippen LogP contribution in [0.25, 0.3) is 22.8 Å². The number of hydrogen-bond acceptors (Lipinski definition) is 6. The van der Waals surface area contributed by atoms with Gasteiger partial charge >= 0.3 is 0 Å². The summed E-state index contributed by atoms with van der Waals surface area (Å²) in [6.45, 7) is 5.51. The highest BCUT2D eigenvalue weighted by Gasteiger charge is 2.06. The van der Waals surface area contributed by atoms with Crippen molar-refractivity contribution < 1.29 is 9.47 Å². The first kappa shape index (κ1) is 17.8. The van der Waals surface area contributed by atoms with E-state index < -0.39 is 0 Å². The van der Waals surface area contributed by atoms with E-state index in [0.29, 0.717) is 30.6 Å². The molecule has 0 N–H and O–H groups in total. The van der Waals surface area contributed by atoms with Gasteiger partial charge in [0.2, 0.25) is 0 Å². The molecule has 0 aliphatic carbocycles. The van der Waals surface area contributed by atoms with E-state index in [1.807, 2.05) is 24.3 Å². The normalized spacial score (nSPS) is 10.5. The minimum Gasteiger partial charge on any atom is -0.494 e. The molecular weight excluding hydrogens is 328 g/mol. The minimum absolute atomic E-state index is 0.573. The summed E-state index contributed by atoms with van der Waals surface area (Å²) in [4.78, 5) is 17.5. The lowest BCUT2D eigenvalue weighted by Gasteiger charge is -2.06. The van der Waals surface area contributed by atoms with Crippen molar-refractivity contribution in [3.63, 3.8) is 0 Å². The summed E-state index contributed by atoms with van der Waals surface area (Å²) < 4.78 is 11.1. The fourth-order valence-corrected chi connectivity index (χ4v) is 2.27. The zero-order valence-corrected chi connectivity index (χ0v) is 15.1. The summed E-state index contributed by atoms with van der Waals surface area (Å²) >= 11 is 0. The van der Waals surface area contributed by atoms with Crippen molar-refractivity contribution >= 4 is 0 Å². The fourth-order valence-electron chi connectivity index (χ4n) is 2.27. The van der Waals surface area contributed by atoms with Gasteiger partial charge < -0.3 is 9.47 Å². The average Bonchev–Trinajstić information content (AvgIpc) is 2.72. The highest BCUT2D eigenvalue weighted by atomic mass is 16.5. The van der Waals surface area contributed by atoms with Gasteiger partial charge in [-0.2, -0.15) is 0 Å². The maximum absolute atomic E-state index is 5.59. The number of hydrogen-bond donors (Lipinski definition) is 0. The van der Waals surface area contributed by atoms with Crippen molar-refractivity contribution in [3.8, 4) is 34.3 Å². The van der Waals surface area contributed by atoms with E-state index in [9.17, 15) is 0 Å². The summed E-state index contributed by atoms with van der Waals surface area (Å²) in [6, 6.07) is 7.77. The third-order valence-electron chi connectivity index (χ3n) is 3.60. The van der Waals surface area contributed by atoms with Gasteiger partial charge in [-0.05, 0) is 37.1 Å². The van der Waals surface area contributed by atoms with Crippen LogP contribution in [0.3, 0.4) is 0 Å². The van der Waals surface area contributed by atoms with Gasteiger partial charge in [0.1, 0.15) is 5.75 Å². The van der Waals surface area contributed by atoms with E-state index in [2.05, 4.69) is 33.8 Å². The molecule has 0 saturated carbocycles. The molecule has 0 aliphatic rings. The van der Waals surface area contributed by atoms with Gasteiger partial charge in [-0.15, -0.1) is 0 Å². The predicted octanol–water partition coefficient (Wildman–Crippen LogP) is 4.18. The first-order valence-corrected chi connectivity index (χ1v) is 8.80. The molecule has 0 aliphatic heterocycles. The Morgan fingerprint density at radius 3 is 1.69 bits per heavy atom. The molecule has 134 valence electrons. The number of benzene rings is 1. The van der Waals surface area contributed by atoms with E-state index in [1.54, 1.807) is 24.8 Å². The van der Waals surface area contributed by atoms with Gasteiger partial charge in [-0.25, -0.2) is 19.9 Å². The molecular formula is C20H22N4O2. The molecule has 0 spiro atoms. The van der Waals surface area contributed by atoms with Crippen LogP contribution >= 0.6 is 0 Å². The molecule has 0 bridgehead atoms. The molecule has 1 aromatic carbocycles. The minimum atomic E-state index is 0.573. The first-order chi connectivity index (χ1) is 12.8. The van der Waals surface area contributed by atoms with Crippen molar-refractivity contribution in [1.82, 2.24) is 19.9 Å². The third kappa shape index (κ3) is 4.53. The van der Waals surface area contributed by atoms with Crippen LogP contribution in [-0.4, -0.2) is 33.1 Å². The van der Waals surface area contributed by atoms with Gasteiger partial charge in [-0.3, -0.25) is 0 Å². The number of nitrogens with zero attached hydrogens (tertiary/aromatic N) is 4. The van der Waals surface area contributed by atoms with Crippen molar-refractivity contribution in [2.24, 2.45) is 0 Å². The maximum atomic E-state index is 5.59. The molecule has 6 heteroatoms. The molecule has 3 rings (SSSR count). The molecule has 0 unspecified atom stereocenters. The number of aromatic nitrogens is 4. The molecule has 0 fully saturated rings. The van der Waals surface area contributed by atoms with E-state index in [-0.39, 0.29) is 0 Å². The molecule has 0 atom stereocenters. The average molecular weight is 350 g/mol. The zero-order valence-electron chi connectivity index (χ0n) is 15.1. The Morgan fingerprint density at radius 2 is 1.12 bits per heavy atom. The lowest BCUT2D eigenvalue weighted by atomic mass is 10.2. The molecule has 0 radical (unpaired) electrons. The Morgan fingerprint density at radius 1 is 0.615 bits per heavy atom. The summed E-state index contributed by atoms with van der Waals surface area (Å²) in [7, 11) is 0. The van der Waals surface area contributed by atoms with Gasteiger partial charge in [0, 0.05) is 18.0 Å². The highest BCUT2D eigenvalue weighted by Crippen LogP contribution is 2.21. The molecule has 6 nitrogen and oxygen atoms in total. The van der Waals surface area contributed by atoms with Crippen molar-refractivity contribution in [2.75, 3.05) is 13.2 Å². The predicted molar refractivity (Wildman–Crippen MR) is 100 cm³/mol. The van der Waals surface area contributed by atoms with Crippen molar-refractivity contribution in [1.29, 1.82) is 0 Å². The fraction of sp³-hybridized carbons (Fsp3) is 0.300. The Labute approximate surface area is 153 Å². The third-order valence-corrected chi connectivity index (χ3v) is 3.60. The smallest absolute Gasteiger partial charge is 0.162 e. The second-order valence-electron chi connectivity index (χ2n) is 5.76. The van der Waals surface area contributed by atoms with Crippen molar-refractivity contribution in [3.05, 3.63) is 49.1 Å². The SMILES string of the molecule is CCCOc1ccc(-c2ncc(-c3ncc(OCCC)cn3)cn2)cc1. The van der Waals surface area contributed by atoms with E-state index >= 15 is 0 Å². The Bertz CT molecular complexity index is 732. The molecule has 26 heavy (non-hydrogen) atoms. The van der Waals surface area contributed by atoms with E-state index in [4.69, 9.17) is 9.47 Å². The van der Waals surface area contributed by atoms with Gasteiger partial charge in [-0.1, -0.05) is 13.8 Å². The zero-order chi connectivity index (χ0) is 18.2. The maximum Gasteiger partial charge on any atom is 0.162 e. The van der Waals surface area contributed by atoms with Crippen LogP contribution in [-0.2, 0) is 0 Å². The summed E-state index contributed by atoms with van der Waals surface area (Å²) in [5.74, 6) is 2.74. The van der Waals surface area contributed by atoms with Crippen LogP contribution in [0.15, 0.2) is 49.1 Å². The Kier molecular flexibility index (Phi) is 6.09. The number of ether oxygens (including phenoxy) is 2. The van der Waals surface area contributed by atoms with Crippen LogP contribution in [0.1, 0.15) is 26.7 Å². The Balaban J connectivity index is 1.69. The highest BCUT2D eigenvalue weighted by molar-refractivity contribution is 5.59. The van der Waals surface area contributed by atoms with Crippen LogP contribution in [0.5, 0.6) is 11.5 Å².